The molecule has 0 saturated carbocycles. The zero-order valence-corrected chi connectivity index (χ0v) is 8.90. The summed E-state index contributed by atoms with van der Waals surface area (Å²) in [5, 5.41) is 9.04. The zero-order chi connectivity index (χ0) is 11.1. The molecule has 1 aromatic heterocycles. The summed E-state index contributed by atoms with van der Waals surface area (Å²) >= 11 is 0. The molecule has 0 aliphatic carbocycles. The van der Waals surface area contributed by atoms with E-state index < -0.39 is 16.6 Å². The highest BCUT2D eigenvalue weighted by molar-refractivity contribution is 7.89. The summed E-state index contributed by atoms with van der Waals surface area (Å²) in [5.74, 6) is 0.138. The van der Waals surface area contributed by atoms with Gasteiger partial charge in [0.2, 0.25) is 10.0 Å². The van der Waals surface area contributed by atoms with Gasteiger partial charge in [0.15, 0.2) is 0 Å². The molecule has 1 aromatic carbocycles. The summed E-state index contributed by atoms with van der Waals surface area (Å²) in [7, 11) is -3.43. The molecule has 0 unspecified atom stereocenters. The Labute approximate surface area is 87.0 Å². The van der Waals surface area contributed by atoms with E-state index in [0.717, 1.165) is 10.2 Å². The Morgan fingerprint density at radius 3 is 2.67 bits per heavy atom. The van der Waals surface area contributed by atoms with Crippen LogP contribution in [0.3, 0.4) is 0 Å². The fraction of sp³-hybridized carbons (Fsp3) is 0.222. The lowest BCUT2D eigenvalue weighted by atomic mass is 10.3. The summed E-state index contributed by atoms with van der Waals surface area (Å²) in [6.07, 6.45) is 1.08. The maximum Gasteiger partial charge on any atom is 0.237 e. The van der Waals surface area contributed by atoms with Crippen LogP contribution in [0.25, 0.3) is 11.0 Å². The molecular weight excluding hydrogens is 216 g/mol. The fourth-order valence-corrected chi connectivity index (χ4v) is 2.52. The van der Waals surface area contributed by atoms with Gasteiger partial charge in [-0.3, -0.25) is 0 Å². The molecule has 1 heterocycles. The normalized spacial score (nSPS) is 12.1. The average Bonchev–Trinajstić information content (AvgIpc) is 2.54. The minimum Gasteiger partial charge on any atom is -0.388 e. The number of benzene rings is 1. The van der Waals surface area contributed by atoms with Crippen molar-refractivity contribution in [3.05, 3.63) is 30.1 Å². The molecule has 0 aliphatic heterocycles. The molecule has 1 N–H and O–H groups in total. The SMILES string of the molecule is CS(=O)(=O)n1c(CO)nc2ccccc21. The standard InChI is InChI=1S/C9H10N2O3S/c1-15(13,14)11-8-5-3-2-4-7(8)10-9(11)6-12/h2-5,12H,6H2,1H3. The number of hydrogen-bond acceptors (Lipinski definition) is 4. The topological polar surface area (TPSA) is 72.2 Å². The highest BCUT2D eigenvalue weighted by atomic mass is 32.2. The number of imidazole rings is 1. The van der Waals surface area contributed by atoms with Crippen LogP contribution >= 0.6 is 0 Å². The molecule has 5 nitrogen and oxygen atoms in total. The second-order valence-corrected chi connectivity index (χ2v) is 5.03. The van der Waals surface area contributed by atoms with E-state index in [4.69, 9.17) is 5.11 Å². The first-order valence-corrected chi connectivity index (χ1v) is 6.16. The van der Waals surface area contributed by atoms with Gasteiger partial charge < -0.3 is 5.11 Å². The Bertz CT molecular complexity index is 601. The third-order valence-corrected chi connectivity index (χ3v) is 3.13. The molecule has 0 spiro atoms. The van der Waals surface area contributed by atoms with E-state index >= 15 is 0 Å². The minimum atomic E-state index is -3.43. The number of aromatic nitrogens is 2. The van der Waals surface area contributed by atoms with Gasteiger partial charge in [0.05, 0.1) is 17.3 Å². The summed E-state index contributed by atoms with van der Waals surface area (Å²) in [5.41, 5.74) is 1.05. The lowest BCUT2D eigenvalue weighted by Gasteiger charge is -2.03. The molecule has 0 saturated heterocycles. The predicted octanol–water partition coefficient (Wildman–Crippen LogP) is 0.336. The predicted molar refractivity (Wildman–Crippen MR) is 55.9 cm³/mol. The lowest BCUT2D eigenvalue weighted by molar-refractivity contribution is 0.271. The molecule has 0 bridgehead atoms. The van der Waals surface area contributed by atoms with E-state index in [1.165, 1.54) is 0 Å². The molecule has 0 aliphatic rings. The summed E-state index contributed by atoms with van der Waals surface area (Å²) in [4.78, 5) is 4.03. The second kappa shape index (κ2) is 3.32. The quantitative estimate of drug-likeness (QED) is 0.801. The molecule has 0 amide bonds. The Morgan fingerprint density at radius 1 is 1.40 bits per heavy atom. The van der Waals surface area contributed by atoms with Gasteiger partial charge in [0.1, 0.15) is 12.4 Å². The van der Waals surface area contributed by atoms with Crippen LogP contribution in [0.2, 0.25) is 0 Å². The summed E-state index contributed by atoms with van der Waals surface area (Å²) < 4.78 is 24.1. The van der Waals surface area contributed by atoms with Crippen molar-refractivity contribution < 1.29 is 13.5 Å². The van der Waals surface area contributed by atoms with Crippen LogP contribution in [0.5, 0.6) is 0 Å². The van der Waals surface area contributed by atoms with Gasteiger partial charge in [-0.1, -0.05) is 12.1 Å². The van der Waals surface area contributed by atoms with Crippen molar-refractivity contribution in [1.29, 1.82) is 0 Å². The fourth-order valence-electron chi connectivity index (χ4n) is 1.52. The molecule has 15 heavy (non-hydrogen) atoms. The van der Waals surface area contributed by atoms with E-state index in [1.807, 2.05) is 0 Å². The lowest BCUT2D eigenvalue weighted by Crippen LogP contribution is -2.13. The number of fused-ring (bicyclic) bond motifs is 1. The number of hydrogen-bond donors (Lipinski definition) is 1. The number of aliphatic hydroxyl groups is 1. The zero-order valence-electron chi connectivity index (χ0n) is 8.08. The van der Waals surface area contributed by atoms with Gasteiger partial charge in [-0.25, -0.2) is 17.4 Å². The molecule has 80 valence electrons. The second-order valence-electron chi connectivity index (χ2n) is 3.20. The smallest absolute Gasteiger partial charge is 0.237 e. The molecule has 2 aromatic rings. The first-order valence-electron chi connectivity index (χ1n) is 4.32. The molecular formula is C9H10N2O3S. The molecule has 2 rings (SSSR count). The Balaban J connectivity index is 2.91. The number of rotatable bonds is 2. The minimum absolute atomic E-state index is 0.138. The molecule has 0 atom stereocenters. The first kappa shape index (κ1) is 10.1. The van der Waals surface area contributed by atoms with Crippen molar-refractivity contribution in [2.75, 3.05) is 6.26 Å². The average molecular weight is 226 g/mol. The number of nitrogens with zero attached hydrogens (tertiary/aromatic N) is 2. The van der Waals surface area contributed by atoms with Crippen LogP contribution in [0.15, 0.2) is 24.3 Å². The van der Waals surface area contributed by atoms with Crippen LogP contribution in [0.4, 0.5) is 0 Å². The van der Waals surface area contributed by atoms with Crippen molar-refractivity contribution in [2.24, 2.45) is 0 Å². The first-order chi connectivity index (χ1) is 7.04. The van der Waals surface area contributed by atoms with Gasteiger partial charge in [-0.05, 0) is 12.1 Å². The van der Waals surface area contributed by atoms with Gasteiger partial charge in [-0.15, -0.1) is 0 Å². The van der Waals surface area contributed by atoms with Gasteiger partial charge in [0, 0.05) is 0 Å². The Hall–Kier alpha value is -1.40. The van der Waals surface area contributed by atoms with Crippen LogP contribution in [-0.4, -0.2) is 28.7 Å². The van der Waals surface area contributed by atoms with Gasteiger partial charge >= 0.3 is 0 Å². The van der Waals surface area contributed by atoms with Crippen LogP contribution < -0.4 is 0 Å². The monoisotopic (exact) mass is 226 g/mol. The van der Waals surface area contributed by atoms with Crippen molar-refractivity contribution in [2.45, 2.75) is 6.61 Å². The maximum atomic E-state index is 11.5. The van der Waals surface area contributed by atoms with Crippen molar-refractivity contribution in [3.8, 4) is 0 Å². The number of aliphatic hydroxyl groups excluding tert-OH is 1. The van der Waals surface area contributed by atoms with Crippen LogP contribution in [-0.2, 0) is 16.6 Å². The largest absolute Gasteiger partial charge is 0.388 e. The Morgan fingerprint density at radius 2 is 2.07 bits per heavy atom. The Kier molecular flexibility index (Phi) is 2.24. The van der Waals surface area contributed by atoms with E-state index in [0.29, 0.717) is 11.0 Å². The third kappa shape index (κ3) is 1.62. The van der Waals surface area contributed by atoms with Crippen molar-refractivity contribution in [3.63, 3.8) is 0 Å². The highest BCUT2D eigenvalue weighted by Crippen LogP contribution is 2.17. The van der Waals surface area contributed by atoms with Crippen molar-refractivity contribution in [1.82, 2.24) is 8.96 Å². The molecule has 0 radical (unpaired) electrons. The maximum absolute atomic E-state index is 11.5. The van der Waals surface area contributed by atoms with E-state index in [1.54, 1.807) is 24.3 Å². The third-order valence-electron chi connectivity index (χ3n) is 2.06. The molecule has 6 heteroatoms. The van der Waals surface area contributed by atoms with Gasteiger partial charge in [0.25, 0.3) is 0 Å². The molecule has 0 fully saturated rings. The van der Waals surface area contributed by atoms with E-state index in [-0.39, 0.29) is 5.82 Å². The summed E-state index contributed by atoms with van der Waals surface area (Å²) in [6.45, 7) is -0.401. The van der Waals surface area contributed by atoms with Crippen LogP contribution in [0, 0.1) is 0 Å². The van der Waals surface area contributed by atoms with Crippen molar-refractivity contribution >= 4 is 21.1 Å². The van der Waals surface area contributed by atoms with E-state index in [2.05, 4.69) is 4.98 Å². The van der Waals surface area contributed by atoms with Crippen LogP contribution in [0.1, 0.15) is 5.82 Å². The highest BCUT2D eigenvalue weighted by Gasteiger charge is 2.16. The van der Waals surface area contributed by atoms with E-state index in [9.17, 15) is 8.42 Å². The number of para-hydroxylation sites is 2. The summed E-state index contributed by atoms with van der Waals surface area (Å²) in [6, 6.07) is 6.86. The van der Waals surface area contributed by atoms with Gasteiger partial charge in [-0.2, -0.15) is 0 Å².